The zero-order valence-electron chi connectivity index (χ0n) is 14.3. The lowest BCUT2D eigenvalue weighted by Crippen LogP contribution is -2.44. The average Bonchev–Trinajstić information content (AvgIpc) is 2.47. The van der Waals surface area contributed by atoms with Crippen molar-refractivity contribution in [1.29, 1.82) is 0 Å². The molecule has 0 radical (unpaired) electrons. The minimum atomic E-state index is -0.499. The standard InChI is InChI=1S/C17H27N3O2/c1-19(2)16(20(3)4)18-12-17(13-21-5)15-9-7-6-8-14(15)10-11-22-17/h6-9H,10-13H2,1-5H3. The van der Waals surface area contributed by atoms with Crippen LogP contribution in [0, 0.1) is 0 Å². The Labute approximate surface area is 133 Å². The molecule has 0 N–H and O–H groups in total. The van der Waals surface area contributed by atoms with Gasteiger partial charge in [-0.05, 0) is 17.5 Å². The summed E-state index contributed by atoms with van der Waals surface area (Å²) < 4.78 is 11.6. The van der Waals surface area contributed by atoms with E-state index in [1.807, 2.05) is 38.0 Å². The third-order valence-corrected chi connectivity index (χ3v) is 3.91. The van der Waals surface area contributed by atoms with Crippen molar-refractivity contribution in [2.45, 2.75) is 12.0 Å². The van der Waals surface area contributed by atoms with E-state index in [-0.39, 0.29) is 0 Å². The van der Waals surface area contributed by atoms with Crippen molar-refractivity contribution in [2.24, 2.45) is 4.99 Å². The lowest BCUT2D eigenvalue weighted by Gasteiger charge is -2.38. The molecule has 1 aliphatic rings. The van der Waals surface area contributed by atoms with Crippen molar-refractivity contribution in [3.05, 3.63) is 35.4 Å². The van der Waals surface area contributed by atoms with E-state index in [1.165, 1.54) is 11.1 Å². The van der Waals surface area contributed by atoms with Crippen LogP contribution in [0.4, 0.5) is 0 Å². The number of hydrogen-bond donors (Lipinski definition) is 0. The number of aliphatic imine (C=N–C) groups is 1. The Morgan fingerprint density at radius 3 is 2.55 bits per heavy atom. The number of hydrogen-bond acceptors (Lipinski definition) is 3. The first-order chi connectivity index (χ1) is 10.5. The fourth-order valence-electron chi connectivity index (χ4n) is 3.03. The fraction of sp³-hybridized carbons (Fsp3) is 0.588. The molecule has 1 aliphatic heterocycles. The minimum Gasteiger partial charge on any atom is -0.381 e. The highest BCUT2D eigenvalue weighted by atomic mass is 16.5. The Morgan fingerprint density at radius 2 is 1.91 bits per heavy atom. The highest BCUT2D eigenvalue weighted by molar-refractivity contribution is 5.79. The summed E-state index contributed by atoms with van der Waals surface area (Å²) in [6.07, 6.45) is 0.944. The number of nitrogens with zero attached hydrogens (tertiary/aromatic N) is 3. The first-order valence-electron chi connectivity index (χ1n) is 7.60. The molecule has 0 bridgehead atoms. The molecule has 0 spiro atoms. The van der Waals surface area contributed by atoms with Gasteiger partial charge in [-0.2, -0.15) is 0 Å². The molecule has 1 atom stereocenters. The Kier molecular flexibility index (Phi) is 5.42. The Bertz CT molecular complexity index is 518. The van der Waals surface area contributed by atoms with Crippen LogP contribution in [0.1, 0.15) is 11.1 Å². The zero-order valence-corrected chi connectivity index (χ0v) is 14.3. The van der Waals surface area contributed by atoms with Crippen molar-refractivity contribution >= 4 is 5.96 Å². The first kappa shape index (κ1) is 16.8. The van der Waals surface area contributed by atoms with E-state index in [4.69, 9.17) is 14.5 Å². The molecule has 122 valence electrons. The molecule has 5 nitrogen and oxygen atoms in total. The smallest absolute Gasteiger partial charge is 0.195 e. The van der Waals surface area contributed by atoms with Crippen molar-refractivity contribution in [3.8, 4) is 0 Å². The van der Waals surface area contributed by atoms with Crippen LogP contribution in [-0.2, 0) is 21.5 Å². The summed E-state index contributed by atoms with van der Waals surface area (Å²) >= 11 is 0. The summed E-state index contributed by atoms with van der Waals surface area (Å²) in [5, 5.41) is 0. The molecule has 5 heteroatoms. The van der Waals surface area contributed by atoms with E-state index in [0.29, 0.717) is 19.8 Å². The van der Waals surface area contributed by atoms with Crippen LogP contribution < -0.4 is 0 Å². The van der Waals surface area contributed by atoms with Crippen LogP contribution in [0.3, 0.4) is 0 Å². The van der Waals surface area contributed by atoms with Gasteiger partial charge in [-0.25, -0.2) is 4.99 Å². The van der Waals surface area contributed by atoms with Gasteiger partial charge in [0.25, 0.3) is 0 Å². The zero-order chi connectivity index (χ0) is 16.2. The number of rotatable bonds is 4. The van der Waals surface area contributed by atoms with Gasteiger partial charge in [0.2, 0.25) is 0 Å². The van der Waals surface area contributed by atoms with Gasteiger partial charge in [-0.1, -0.05) is 24.3 Å². The van der Waals surface area contributed by atoms with Crippen LogP contribution in [0.15, 0.2) is 29.3 Å². The molecule has 0 saturated carbocycles. The molecule has 1 aromatic carbocycles. The van der Waals surface area contributed by atoms with Crippen molar-refractivity contribution in [2.75, 3.05) is 55.1 Å². The van der Waals surface area contributed by atoms with Crippen LogP contribution >= 0.6 is 0 Å². The van der Waals surface area contributed by atoms with E-state index in [9.17, 15) is 0 Å². The predicted octanol–water partition coefficient (Wildman–Crippen LogP) is 1.58. The molecule has 2 rings (SSSR count). The Balaban J connectivity index is 2.36. The Morgan fingerprint density at radius 1 is 1.23 bits per heavy atom. The number of guanidine groups is 1. The minimum absolute atomic E-state index is 0.499. The van der Waals surface area contributed by atoms with Crippen LogP contribution in [0.2, 0.25) is 0 Å². The summed E-state index contributed by atoms with van der Waals surface area (Å²) in [5.41, 5.74) is 2.03. The summed E-state index contributed by atoms with van der Waals surface area (Å²) in [6.45, 7) is 1.75. The van der Waals surface area contributed by atoms with Gasteiger partial charge in [-0.3, -0.25) is 0 Å². The van der Waals surface area contributed by atoms with Crippen LogP contribution in [-0.4, -0.2) is 70.8 Å². The monoisotopic (exact) mass is 305 g/mol. The van der Waals surface area contributed by atoms with E-state index >= 15 is 0 Å². The molecule has 0 fully saturated rings. The third-order valence-electron chi connectivity index (χ3n) is 3.91. The Hall–Kier alpha value is -1.59. The largest absolute Gasteiger partial charge is 0.381 e. The summed E-state index contributed by atoms with van der Waals surface area (Å²) in [4.78, 5) is 8.82. The maximum atomic E-state index is 6.17. The lowest BCUT2D eigenvalue weighted by atomic mass is 9.86. The molecule has 0 aromatic heterocycles. The first-order valence-corrected chi connectivity index (χ1v) is 7.60. The number of fused-ring (bicyclic) bond motifs is 1. The summed E-state index contributed by atoms with van der Waals surface area (Å²) in [5.74, 6) is 0.919. The second-order valence-electron chi connectivity index (χ2n) is 6.09. The second kappa shape index (κ2) is 7.11. The molecule has 22 heavy (non-hydrogen) atoms. The predicted molar refractivity (Wildman–Crippen MR) is 89.3 cm³/mol. The van der Waals surface area contributed by atoms with Crippen molar-refractivity contribution in [1.82, 2.24) is 9.80 Å². The molecule has 0 amide bonds. The van der Waals surface area contributed by atoms with Gasteiger partial charge in [0, 0.05) is 35.3 Å². The van der Waals surface area contributed by atoms with Crippen molar-refractivity contribution in [3.63, 3.8) is 0 Å². The fourth-order valence-corrected chi connectivity index (χ4v) is 3.03. The van der Waals surface area contributed by atoms with Crippen LogP contribution in [0.5, 0.6) is 0 Å². The van der Waals surface area contributed by atoms with Gasteiger partial charge in [-0.15, -0.1) is 0 Å². The normalized spacial score (nSPS) is 20.2. The van der Waals surface area contributed by atoms with Gasteiger partial charge < -0.3 is 19.3 Å². The molecular formula is C17H27N3O2. The van der Waals surface area contributed by atoms with E-state index in [0.717, 1.165) is 12.4 Å². The summed E-state index contributed by atoms with van der Waals surface area (Å²) in [7, 11) is 9.70. The average molecular weight is 305 g/mol. The van der Waals surface area contributed by atoms with Crippen LogP contribution in [0.25, 0.3) is 0 Å². The molecule has 0 aliphatic carbocycles. The SMILES string of the molecule is COCC1(CN=C(N(C)C)N(C)C)OCCc2ccccc21. The quantitative estimate of drug-likeness (QED) is 0.625. The maximum absolute atomic E-state index is 6.17. The van der Waals surface area contributed by atoms with E-state index < -0.39 is 5.60 Å². The van der Waals surface area contributed by atoms with Gasteiger partial charge in [0.05, 0.1) is 19.8 Å². The molecule has 0 saturated heterocycles. The highest BCUT2D eigenvalue weighted by Gasteiger charge is 2.38. The van der Waals surface area contributed by atoms with Gasteiger partial charge in [0.1, 0.15) is 5.60 Å². The molecular weight excluding hydrogens is 278 g/mol. The van der Waals surface area contributed by atoms with E-state index in [1.54, 1.807) is 7.11 Å². The summed E-state index contributed by atoms with van der Waals surface area (Å²) in [6, 6.07) is 8.44. The van der Waals surface area contributed by atoms with Crippen molar-refractivity contribution < 1.29 is 9.47 Å². The number of ether oxygens (including phenoxy) is 2. The highest BCUT2D eigenvalue weighted by Crippen LogP contribution is 2.34. The van der Waals surface area contributed by atoms with E-state index in [2.05, 4.69) is 24.3 Å². The van der Waals surface area contributed by atoms with Gasteiger partial charge in [0.15, 0.2) is 5.96 Å². The molecule has 1 aromatic rings. The second-order valence-corrected chi connectivity index (χ2v) is 6.09. The maximum Gasteiger partial charge on any atom is 0.195 e. The third kappa shape index (κ3) is 3.42. The lowest BCUT2D eigenvalue weighted by molar-refractivity contribution is -0.0961. The molecule has 1 heterocycles. The molecule has 1 unspecified atom stereocenters. The topological polar surface area (TPSA) is 37.3 Å². The number of benzene rings is 1. The number of methoxy groups -OCH3 is 1. The van der Waals surface area contributed by atoms with Gasteiger partial charge >= 0.3 is 0 Å².